The predicted molar refractivity (Wildman–Crippen MR) is 100 cm³/mol. The second kappa shape index (κ2) is 7.30. The van der Waals surface area contributed by atoms with E-state index in [9.17, 15) is 0 Å². The van der Waals surface area contributed by atoms with Crippen molar-refractivity contribution >= 4 is 10.9 Å². The minimum Gasteiger partial charge on any atom is -0.496 e. The lowest BCUT2D eigenvalue weighted by Crippen LogP contribution is -3.27. The highest BCUT2D eigenvalue weighted by atomic mass is 16.5. The van der Waals surface area contributed by atoms with Gasteiger partial charge < -0.3 is 19.5 Å². The first-order valence-electron chi connectivity index (χ1n) is 9.17. The summed E-state index contributed by atoms with van der Waals surface area (Å²) in [6.07, 6.45) is 2.19. The lowest BCUT2D eigenvalue weighted by molar-refractivity contribution is -1.02. The fraction of sp³-hybridized carbons (Fsp3) is 0.333. The topological polar surface area (TPSA) is 33.9 Å². The van der Waals surface area contributed by atoms with Crippen LogP contribution in [0.4, 0.5) is 0 Å². The number of aromatic nitrogens is 1. The number of rotatable bonds is 5. The van der Waals surface area contributed by atoms with Gasteiger partial charge in [0, 0.05) is 28.2 Å². The predicted octanol–water partition coefficient (Wildman–Crippen LogP) is 0.660. The highest BCUT2D eigenvalue weighted by Gasteiger charge is 2.24. The Balaban J connectivity index is 1.35. The van der Waals surface area contributed by atoms with Crippen LogP contribution in [-0.2, 0) is 13.1 Å². The van der Waals surface area contributed by atoms with Crippen molar-refractivity contribution in [2.45, 2.75) is 13.1 Å². The third kappa shape index (κ3) is 3.55. The summed E-state index contributed by atoms with van der Waals surface area (Å²) in [5.74, 6) is 1.02. The summed E-state index contributed by atoms with van der Waals surface area (Å²) in [6, 6.07) is 17.0. The van der Waals surface area contributed by atoms with Crippen LogP contribution in [0.1, 0.15) is 11.1 Å². The average molecular weight is 337 g/mol. The van der Waals surface area contributed by atoms with Crippen molar-refractivity contribution in [2.24, 2.45) is 0 Å². The summed E-state index contributed by atoms with van der Waals surface area (Å²) in [6.45, 7) is 7.07. The van der Waals surface area contributed by atoms with Crippen LogP contribution in [0.5, 0.6) is 5.75 Å². The summed E-state index contributed by atoms with van der Waals surface area (Å²) in [5, 5.41) is 1.37. The molecular weight excluding hydrogens is 310 g/mol. The standard InChI is InChI=1S/C21H25N3O/c1-25-21-9-5-2-6-17(21)15-23-10-12-24(13-11-23)16-18-14-22-20-8-4-3-7-19(18)20/h2-9,14,22H,10-13,15-16H2,1H3/p+2. The number of benzene rings is 2. The average Bonchev–Trinajstić information content (AvgIpc) is 3.07. The summed E-state index contributed by atoms with van der Waals surface area (Å²) in [7, 11) is 1.76. The fourth-order valence-corrected chi connectivity index (χ4v) is 3.98. The van der Waals surface area contributed by atoms with E-state index in [2.05, 4.69) is 53.6 Å². The Bertz CT molecular complexity index is 834. The molecule has 0 saturated carbocycles. The Morgan fingerprint density at radius 3 is 2.24 bits per heavy atom. The van der Waals surface area contributed by atoms with Crippen LogP contribution in [0.15, 0.2) is 54.7 Å². The van der Waals surface area contributed by atoms with Crippen molar-refractivity contribution in [3.05, 3.63) is 65.9 Å². The molecule has 130 valence electrons. The second-order valence-corrected chi connectivity index (χ2v) is 7.02. The molecule has 25 heavy (non-hydrogen) atoms. The van der Waals surface area contributed by atoms with Gasteiger partial charge in [0.2, 0.25) is 0 Å². The van der Waals surface area contributed by atoms with Gasteiger partial charge in [-0.1, -0.05) is 30.3 Å². The molecule has 3 aromatic rings. The molecule has 0 unspecified atom stereocenters. The molecule has 0 spiro atoms. The van der Waals surface area contributed by atoms with Gasteiger partial charge in [-0.3, -0.25) is 0 Å². The SMILES string of the molecule is COc1ccccc1C[NH+]1CC[NH+](Cc2c[nH]c3ccccc23)CC1. The lowest BCUT2D eigenvalue weighted by Gasteiger charge is -2.30. The molecular formula is C21H27N3O+2. The number of hydrogen-bond donors (Lipinski definition) is 3. The zero-order valence-corrected chi connectivity index (χ0v) is 14.8. The van der Waals surface area contributed by atoms with E-state index in [0.29, 0.717) is 0 Å². The van der Waals surface area contributed by atoms with Crippen LogP contribution < -0.4 is 14.5 Å². The molecule has 1 aliphatic heterocycles. The van der Waals surface area contributed by atoms with E-state index in [4.69, 9.17) is 4.74 Å². The number of H-pyrrole nitrogens is 1. The van der Waals surface area contributed by atoms with E-state index in [1.165, 1.54) is 48.2 Å². The van der Waals surface area contributed by atoms with Gasteiger partial charge in [-0.05, 0) is 18.2 Å². The van der Waals surface area contributed by atoms with E-state index >= 15 is 0 Å². The van der Waals surface area contributed by atoms with Crippen LogP contribution in [0.3, 0.4) is 0 Å². The van der Waals surface area contributed by atoms with E-state index in [1.807, 2.05) is 6.07 Å². The zero-order valence-electron chi connectivity index (χ0n) is 14.8. The van der Waals surface area contributed by atoms with Crippen LogP contribution in [-0.4, -0.2) is 38.3 Å². The third-order valence-corrected chi connectivity index (χ3v) is 5.41. The highest BCUT2D eigenvalue weighted by molar-refractivity contribution is 5.82. The van der Waals surface area contributed by atoms with Crippen molar-refractivity contribution in [2.75, 3.05) is 33.3 Å². The molecule has 2 aromatic carbocycles. The molecule has 0 aliphatic carbocycles. The molecule has 1 saturated heterocycles. The number of para-hydroxylation sites is 2. The normalized spacial score (nSPS) is 20.7. The maximum atomic E-state index is 5.50. The monoisotopic (exact) mass is 337 g/mol. The molecule has 4 rings (SSSR count). The summed E-state index contributed by atoms with van der Waals surface area (Å²) < 4.78 is 5.50. The number of methoxy groups -OCH3 is 1. The lowest BCUT2D eigenvalue weighted by atomic mass is 10.1. The van der Waals surface area contributed by atoms with Gasteiger partial charge in [0.1, 0.15) is 45.0 Å². The number of ether oxygens (including phenoxy) is 1. The molecule has 0 amide bonds. The minimum absolute atomic E-state index is 1.02. The molecule has 2 heterocycles. The van der Waals surface area contributed by atoms with Gasteiger partial charge in [0.15, 0.2) is 0 Å². The Hall–Kier alpha value is -2.30. The van der Waals surface area contributed by atoms with Crippen LogP contribution >= 0.6 is 0 Å². The van der Waals surface area contributed by atoms with E-state index in [1.54, 1.807) is 16.9 Å². The first-order chi connectivity index (χ1) is 12.3. The first kappa shape index (κ1) is 16.2. The number of fused-ring (bicyclic) bond motifs is 1. The van der Waals surface area contributed by atoms with Gasteiger partial charge in [-0.15, -0.1) is 0 Å². The maximum absolute atomic E-state index is 5.50. The molecule has 1 fully saturated rings. The number of quaternary nitrogens is 2. The number of piperazine rings is 1. The Morgan fingerprint density at radius 2 is 1.48 bits per heavy atom. The quantitative estimate of drug-likeness (QED) is 0.628. The summed E-state index contributed by atoms with van der Waals surface area (Å²) in [4.78, 5) is 6.75. The van der Waals surface area contributed by atoms with Gasteiger partial charge in [0.05, 0.1) is 7.11 Å². The number of aromatic amines is 1. The van der Waals surface area contributed by atoms with Crippen LogP contribution in [0.2, 0.25) is 0 Å². The fourth-order valence-electron chi connectivity index (χ4n) is 3.98. The molecule has 3 N–H and O–H groups in total. The van der Waals surface area contributed by atoms with E-state index < -0.39 is 0 Å². The number of hydrogen-bond acceptors (Lipinski definition) is 1. The minimum atomic E-state index is 1.02. The Morgan fingerprint density at radius 1 is 0.840 bits per heavy atom. The first-order valence-corrected chi connectivity index (χ1v) is 9.17. The van der Waals surface area contributed by atoms with Gasteiger partial charge >= 0.3 is 0 Å². The molecule has 0 atom stereocenters. The smallest absolute Gasteiger partial charge is 0.127 e. The van der Waals surface area contributed by atoms with Crippen molar-refractivity contribution in [1.29, 1.82) is 0 Å². The van der Waals surface area contributed by atoms with Crippen LogP contribution in [0, 0.1) is 0 Å². The van der Waals surface area contributed by atoms with Crippen molar-refractivity contribution in [3.63, 3.8) is 0 Å². The largest absolute Gasteiger partial charge is 0.496 e. The molecule has 4 nitrogen and oxygen atoms in total. The van der Waals surface area contributed by atoms with Crippen LogP contribution in [0.25, 0.3) is 10.9 Å². The zero-order chi connectivity index (χ0) is 17.1. The third-order valence-electron chi connectivity index (χ3n) is 5.41. The van der Waals surface area contributed by atoms with Crippen molar-refractivity contribution < 1.29 is 14.5 Å². The van der Waals surface area contributed by atoms with Gasteiger partial charge in [0.25, 0.3) is 0 Å². The van der Waals surface area contributed by atoms with Gasteiger partial charge in [-0.25, -0.2) is 0 Å². The molecule has 0 bridgehead atoms. The maximum Gasteiger partial charge on any atom is 0.127 e. The number of nitrogens with one attached hydrogen (secondary N) is 3. The molecule has 1 aliphatic rings. The highest BCUT2D eigenvalue weighted by Crippen LogP contribution is 2.17. The second-order valence-electron chi connectivity index (χ2n) is 7.02. The summed E-state index contributed by atoms with van der Waals surface area (Å²) in [5.41, 5.74) is 4.01. The molecule has 0 radical (unpaired) electrons. The van der Waals surface area contributed by atoms with E-state index in [0.717, 1.165) is 18.8 Å². The van der Waals surface area contributed by atoms with Crippen molar-refractivity contribution in [3.8, 4) is 5.75 Å². The van der Waals surface area contributed by atoms with Crippen molar-refractivity contribution in [1.82, 2.24) is 4.98 Å². The van der Waals surface area contributed by atoms with Gasteiger partial charge in [-0.2, -0.15) is 0 Å². The molecule has 4 heteroatoms. The molecule has 1 aromatic heterocycles. The Labute approximate surface area is 149 Å². The Kier molecular flexibility index (Phi) is 4.72. The summed E-state index contributed by atoms with van der Waals surface area (Å²) >= 11 is 0. The van der Waals surface area contributed by atoms with E-state index in [-0.39, 0.29) is 0 Å².